The number of nitrogens with zero attached hydrogens (tertiary/aromatic N) is 2. The van der Waals surface area contributed by atoms with Gasteiger partial charge in [0.1, 0.15) is 11.9 Å². The summed E-state index contributed by atoms with van der Waals surface area (Å²) in [4.78, 5) is 24.6. The van der Waals surface area contributed by atoms with Crippen LogP contribution in [0.1, 0.15) is 24.6 Å². The molecule has 0 saturated carbocycles. The van der Waals surface area contributed by atoms with Crippen LogP contribution in [0.5, 0.6) is 0 Å². The van der Waals surface area contributed by atoms with Crippen LogP contribution in [0.25, 0.3) is 11.1 Å². The van der Waals surface area contributed by atoms with Crippen molar-refractivity contribution in [2.45, 2.75) is 32.3 Å². The molecule has 2 N–H and O–H groups in total. The summed E-state index contributed by atoms with van der Waals surface area (Å²) in [5, 5.41) is 9.61. The molecule has 0 unspecified atom stereocenters. The van der Waals surface area contributed by atoms with Gasteiger partial charge in [-0.05, 0) is 64.5 Å². The molecule has 1 aromatic heterocycles. The molecule has 0 aliphatic carbocycles. The Bertz CT molecular complexity index is 1150. The van der Waals surface area contributed by atoms with Crippen molar-refractivity contribution in [3.8, 4) is 11.1 Å². The second-order valence-corrected chi connectivity index (χ2v) is 8.82. The SMILES string of the molecule is CC(=O)NC[C@H]1CN(c2ccc(-c3ccc(CCCc4[nH]ncc4Br)cc3)c(F)c2)C(=O)O1. The molecule has 1 fully saturated rings. The first-order valence-electron chi connectivity index (χ1n) is 10.7. The Hall–Kier alpha value is -3.20. The minimum Gasteiger partial charge on any atom is -0.442 e. The van der Waals surface area contributed by atoms with Gasteiger partial charge in [-0.1, -0.05) is 24.3 Å². The highest BCUT2D eigenvalue weighted by Gasteiger charge is 2.32. The van der Waals surface area contributed by atoms with Crippen molar-refractivity contribution in [2.75, 3.05) is 18.0 Å². The van der Waals surface area contributed by atoms with E-state index >= 15 is 0 Å². The summed E-state index contributed by atoms with van der Waals surface area (Å²) < 4.78 is 21.2. The third-order valence-corrected chi connectivity index (χ3v) is 6.22. The molecular formula is C24H24BrFN4O3. The van der Waals surface area contributed by atoms with Gasteiger partial charge in [0.15, 0.2) is 0 Å². The number of nitrogens with one attached hydrogen (secondary N) is 2. The number of hydrogen-bond donors (Lipinski definition) is 2. The molecule has 2 amide bonds. The average Bonchev–Trinajstić information content (AvgIpc) is 3.38. The molecule has 172 valence electrons. The summed E-state index contributed by atoms with van der Waals surface area (Å²) in [5.41, 5.74) is 3.92. The van der Waals surface area contributed by atoms with Crippen molar-refractivity contribution in [3.05, 3.63) is 70.2 Å². The molecule has 2 heterocycles. The predicted octanol–water partition coefficient (Wildman–Crippen LogP) is 4.61. The van der Waals surface area contributed by atoms with Crippen molar-refractivity contribution in [1.82, 2.24) is 15.5 Å². The number of H-pyrrole nitrogens is 1. The zero-order valence-corrected chi connectivity index (χ0v) is 19.7. The normalized spacial score (nSPS) is 15.5. The van der Waals surface area contributed by atoms with Crippen LogP contribution in [-0.4, -0.2) is 41.4 Å². The summed E-state index contributed by atoms with van der Waals surface area (Å²) in [6.07, 6.45) is 3.50. The molecule has 0 bridgehead atoms. The van der Waals surface area contributed by atoms with Gasteiger partial charge in [-0.15, -0.1) is 0 Å². The molecule has 3 aromatic rings. The Morgan fingerprint density at radius 2 is 2.06 bits per heavy atom. The number of hydrogen-bond acceptors (Lipinski definition) is 4. The van der Waals surface area contributed by atoms with E-state index in [1.54, 1.807) is 18.3 Å². The third kappa shape index (κ3) is 5.60. The minimum atomic E-state index is -0.552. The Balaban J connectivity index is 1.38. The van der Waals surface area contributed by atoms with Crippen LogP contribution >= 0.6 is 15.9 Å². The molecular weight excluding hydrogens is 491 g/mol. The average molecular weight is 515 g/mol. The number of cyclic esters (lactones) is 1. The minimum absolute atomic E-state index is 0.197. The van der Waals surface area contributed by atoms with Gasteiger partial charge in [-0.3, -0.25) is 14.8 Å². The number of carbonyl (C=O) groups excluding carboxylic acids is 2. The van der Waals surface area contributed by atoms with Crippen LogP contribution in [0.4, 0.5) is 14.9 Å². The van der Waals surface area contributed by atoms with E-state index in [1.165, 1.54) is 23.5 Å². The van der Waals surface area contributed by atoms with Crippen molar-refractivity contribution >= 4 is 33.6 Å². The van der Waals surface area contributed by atoms with Crippen LogP contribution in [0, 0.1) is 5.82 Å². The summed E-state index contributed by atoms with van der Waals surface area (Å²) in [7, 11) is 0. The van der Waals surface area contributed by atoms with E-state index in [1.807, 2.05) is 24.3 Å². The topological polar surface area (TPSA) is 87.3 Å². The number of aryl methyl sites for hydroxylation is 2. The Morgan fingerprint density at radius 3 is 2.73 bits per heavy atom. The fraction of sp³-hybridized carbons (Fsp3) is 0.292. The first kappa shape index (κ1) is 23.0. The second kappa shape index (κ2) is 10.2. The number of halogens is 2. The fourth-order valence-corrected chi connectivity index (χ4v) is 4.19. The number of anilines is 1. The zero-order valence-electron chi connectivity index (χ0n) is 18.1. The van der Waals surface area contributed by atoms with Gasteiger partial charge in [-0.25, -0.2) is 9.18 Å². The maximum absolute atomic E-state index is 14.9. The molecule has 1 aliphatic rings. The Labute approximate surface area is 199 Å². The number of ether oxygens (including phenoxy) is 1. The lowest BCUT2D eigenvalue weighted by molar-refractivity contribution is -0.119. The van der Waals surface area contributed by atoms with E-state index in [0.717, 1.165) is 35.0 Å². The van der Waals surface area contributed by atoms with Crippen molar-refractivity contribution in [3.63, 3.8) is 0 Å². The van der Waals surface area contributed by atoms with Gasteiger partial charge in [0.25, 0.3) is 0 Å². The molecule has 0 spiro atoms. The van der Waals surface area contributed by atoms with Crippen molar-refractivity contribution < 1.29 is 18.7 Å². The third-order valence-electron chi connectivity index (χ3n) is 5.54. The number of carbonyl (C=O) groups is 2. The first-order chi connectivity index (χ1) is 15.9. The molecule has 2 aromatic carbocycles. The molecule has 4 rings (SSSR count). The Morgan fingerprint density at radius 1 is 1.27 bits per heavy atom. The van der Waals surface area contributed by atoms with E-state index in [9.17, 15) is 14.0 Å². The maximum atomic E-state index is 14.9. The van der Waals surface area contributed by atoms with E-state index in [0.29, 0.717) is 11.3 Å². The highest BCUT2D eigenvalue weighted by Crippen LogP contribution is 2.29. The fourth-order valence-electron chi connectivity index (χ4n) is 3.80. The quantitative estimate of drug-likeness (QED) is 0.459. The monoisotopic (exact) mass is 514 g/mol. The van der Waals surface area contributed by atoms with Gasteiger partial charge < -0.3 is 10.1 Å². The van der Waals surface area contributed by atoms with Crippen molar-refractivity contribution in [2.24, 2.45) is 0 Å². The number of benzene rings is 2. The first-order valence-corrected chi connectivity index (χ1v) is 11.5. The molecule has 1 aliphatic heterocycles. The number of aromatic nitrogens is 2. The zero-order chi connectivity index (χ0) is 23.4. The number of rotatable bonds is 8. The summed E-state index contributed by atoms with van der Waals surface area (Å²) in [6, 6.07) is 12.6. The van der Waals surface area contributed by atoms with Crippen LogP contribution < -0.4 is 10.2 Å². The standard InChI is InChI=1S/C24H24BrFN4O3/c1-15(31)27-12-19-14-30(24(32)33-19)18-9-10-20(22(26)11-18)17-7-5-16(6-8-17)3-2-4-23-21(25)13-28-29-23/h5-11,13,19H,2-4,12,14H2,1H3,(H,27,31)(H,28,29)/t19-/m0/s1. The Kier molecular flexibility index (Phi) is 7.08. The van der Waals surface area contributed by atoms with E-state index < -0.39 is 18.0 Å². The molecule has 33 heavy (non-hydrogen) atoms. The smallest absolute Gasteiger partial charge is 0.414 e. The van der Waals surface area contributed by atoms with Crippen LogP contribution in [-0.2, 0) is 22.4 Å². The van der Waals surface area contributed by atoms with E-state index in [2.05, 4.69) is 31.4 Å². The van der Waals surface area contributed by atoms with Gasteiger partial charge in [0, 0.05) is 18.2 Å². The molecule has 0 radical (unpaired) electrons. The molecule has 9 heteroatoms. The largest absolute Gasteiger partial charge is 0.442 e. The summed E-state index contributed by atoms with van der Waals surface area (Å²) in [6.45, 7) is 1.88. The predicted molar refractivity (Wildman–Crippen MR) is 126 cm³/mol. The molecule has 7 nitrogen and oxygen atoms in total. The van der Waals surface area contributed by atoms with Crippen LogP contribution in [0.15, 0.2) is 53.1 Å². The lowest BCUT2D eigenvalue weighted by Crippen LogP contribution is -2.33. The van der Waals surface area contributed by atoms with Gasteiger partial charge >= 0.3 is 6.09 Å². The van der Waals surface area contributed by atoms with Gasteiger partial charge in [-0.2, -0.15) is 5.10 Å². The lowest BCUT2D eigenvalue weighted by Gasteiger charge is -2.14. The van der Waals surface area contributed by atoms with Crippen molar-refractivity contribution in [1.29, 1.82) is 0 Å². The highest BCUT2D eigenvalue weighted by atomic mass is 79.9. The van der Waals surface area contributed by atoms with E-state index in [-0.39, 0.29) is 19.0 Å². The lowest BCUT2D eigenvalue weighted by atomic mass is 10.0. The van der Waals surface area contributed by atoms with Crippen LogP contribution in [0.2, 0.25) is 0 Å². The summed E-state index contributed by atoms with van der Waals surface area (Å²) in [5.74, 6) is -0.612. The van der Waals surface area contributed by atoms with Gasteiger partial charge in [0.2, 0.25) is 5.91 Å². The summed E-state index contributed by atoms with van der Waals surface area (Å²) >= 11 is 3.47. The number of amides is 2. The maximum Gasteiger partial charge on any atom is 0.414 e. The number of aromatic amines is 1. The molecule has 1 atom stereocenters. The van der Waals surface area contributed by atoms with E-state index in [4.69, 9.17) is 4.74 Å². The molecule has 1 saturated heterocycles. The highest BCUT2D eigenvalue weighted by molar-refractivity contribution is 9.10. The second-order valence-electron chi connectivity index (χ2n) is 7.96. The van der Waals surface area contributed by atoms with Crippen LogP contribution in [0.3, 0.4) is 0 Å². The van der Waals surface area contributed by atoms with Gasteiger partial charge in [0.05, 0.1) is 29.4 Å².